The summed E-state index contributed by atoms with van der Waals surface area (Å²) in [6.07, 6.45) is 0. The van der Waals surface area contributed by atoms with Crippen LogP contribution in [0.5, 0.6) is 0 Å². The number of methoxy groups -OCH3 is 1. The number of sulfonamides is 1. The zero-order chi connectivity index (χ0) is 19.3. The maximum absolute atomic E-state index is 12.6. The van der Waals surface area contributed by atoms with Crippen molar-refractivity contribution in [3.05, 3.63) is 71.3 Å². The summed E-state index contributed by atoms with van der Waals surface area (Å²) >= 11 is 0. The van der Waals surface area contributed by atoms with Gasteiger partial charge in [0.1, 0.15) is 0 Å². The number of benzene rings is 2. The first-order valence-corrected chi connectivity index (χ1v) is 10.5. The van der Waals surface area contributed by atoms with Gasteiger partial charge in [0.15, 0.2) is 0 Å². The van der Waals surface area contributed by atoms with E-state index >= 15 is 0 Å². The Balaban J connectivity index is 1.58. The first-order valence-electron chi connectivity index (χ1n) is 8.88. The number of rotatable bonds is 6. The topological polar surface area (TPSA) is 66.9 Å². The number of carbonyl (C=O) groups is 1. The van der Waals surface area contributed by atoms with E-state index in [4.69, 9.17) is 4.74 Å². The molecule has 0 radical (unpaired) electrons. The summed E-state index contributed by atoms with van der Waals surface area (Å²) in [5.74, 6) is -0.0815. The van der Waals surface area contributed by atoms with Crippen LogP contribution in [0.1, 0.15) is 21.5 Å². The number of piperazine rings is 1. The van der Waals surface area contributed by atoms with Crippen LogP contribution >= 0.6 is 0 Å². The number of nitrogens with zero attached hydrogens (tertiary/aromatic N) is 2. The molecule has 0 spiro atoms. The highest BCUT2D eigenvalue weighted by Crippen LogP contribution is 2.16. The molecule has 0 bridgehead atoms. The van der Waals surface area contributed by atoms with Crippen LogP contribution in [-0.2, 0) is 27.1 Å². The molecule has 0 unspecified atom stereocenters. The summed E-state index contributed by atoms with van der Waals surface area (Å²) in [5, 5.41) is 0. The lowest BCUT2D eigenvalue weighted by Gasteiger charge is -2.34. The SMILES string of the molecule is COCc1ccc(C(=O)N2CCN(S(=O)(=O)Cc3ccccc3)CC2)cc1. The average Bonchev–Trinajstić information content (AvgIpc) is 2.69. The number of carbonyl (C=O) groups excluding carboxylic acids is 1. The molecule has 1 aliphatic heterocycles. The molecule has 0 saturated carbocycles. The Hall–Kier alpha value is -2.22. The van der Waals surface area contributed by atoms with E-state index in [1.165, 1.54) is 4.31 Å². The molecular weight excluding hydrogens is 364 g/mol. The quantitative estimate of drug-likeness (QED) is 0.760. The summed E-state index contributed by atoms with van der Waals surface area (Å²) in [6.45, 7) is 1.94. The van der Waals surface area contributed by atoms with E-state index in [1.54, 1.807) is 24.1 Å². The fraction of sp³-hybridized carbons (Fsp3) is 0.350. The lowest BCUT2D eigenvalue weighted by molar-refractivity contribution is 0.0697. The van der Waals surface area contributed by atoms with E-state index in [9.17, 15) is 13.2 Å². The van der Waals surface area contributed by atoms with Gasteiger partial charge in [-0.3, -0.25) is 4.79 Å². The highest BCUT2D eigenvalue weighted by atomic mass is 32.2. The van der Waals surface area contributed by atoms with Gasteiger partial charge in [-0.25, -0.2) is 8.42 Å². The van der Waals surface area contributed by atoms with E-state index in [-0.39, 0.29) is 11.7 Å². The molecule has 7 heteroatoms. The molecule has 1 heterocycles. The van der Waals surface area contributed by atoms with Crippen molar-refractivity contribution in [3.8, 4) is 0 Å². The first-order chi connectivity index (χ1) is 13.0. The smallest absolute Gasteiger partial charge is 0.253 e. The Bertz CT molecular complexity index is 859. The zero-order valence-corrected chi connectivity index (χ0v) is 16.2. The molecule has 144 valence electrons. The van der Waals surface area contributed by atoms with Gasteiger partial charge < -0.3 is 9.64 Å². The van der Waals surface area contributed by atoms with Crippen LogP contribution in [0, 0.1) is 0 Å². The largest absolute Gasteiger partial charge is 0.380 e. The lowest BCUT2D eigenvalue weighted by atomic mass is 10.1. The van der Waals surface area contributed by atoms with Crippen molar-refractivity contribution < 1.29 is 17.9 Å². The Morgan fingerprint density at radius 3 is 2.15 bits per heavy atom. The van der Waals surface area contributed by atoms with Gasteiger partial charge >= 0.3 is 0 Å². The van der Waals surface area contributed by atoms with Crippen molar-refractivity contribution in [2.24, 2.45) is 0 Å². The third-order valence-corrected chi connectivity index (χ3v) is 6.47. The molecule has 0 atom stereocenters. The van der Waals surface area contributed by atoms with Crippen molar-refractivity contribution >= 4 is 15.9 Å². The molecule has 0 aromatic heterocycles. The molecule has 0 aliphatic carbocycles. The molecule has 2 aromatic carbocycles. The van der Waals surface area contributed by atoms with Crippen LogP contribution in [0.4, 0.5) is 0 Å². The van der Waals surface area contributed by atoms with Crippen LogP contribution in [0.3, 0.4) is 0 Å². The Morgan fingerprint density at radius 1 is 0.926 bits per heavy atom. The number of amides is 1. The molecule has 2 aromatic rings. The van der Waals surface area contributed by atoms with Crippen molar-refractivity contribution in [2.75, 3.05) is 33.3 Å². The van der Waals surface area contributed by atoms with Crippen molar-refractivity contribution in [1.82, 2.24) is 9.21 Å². The standard InChI is InChI=1S/C20H24N2O4S/c1-26-15-17-7-9-19(10-8-17)20(23)21-11-13-22(14-12-21)27(24,25)16-18-5-3-2-4-6-18/h2-10H,11-16H2,1H3. The summed E-state index contributed by atoms with van der Waals surface area (Å²) in [5.41, 5.74) is 2.38. The first kappa shape index (κ1) is 19.5. The van der Waals surface area contributed by atoms with E-state index < -0.39 is 10.0 Å². The second-order valence-electron chi connectivity index (χ2n) is 6.56. The van der Waals surface area contributed by atoms with Crippen molar-refractivity contribution in [3.63, 3.8) is 0 Å². The number of hydrogen-bond acceptors (Lipinski definition) is 4. The van der Waals surface area contributed by atoms with Crippen LogP contribution in [0.15, 0.2) is 54.6 Å². The van der Waals surface area contributed by atoms with Crippen molar-refractivity contribution in [2.45, 2.75) is 12.4 Å². The van der Waals surface area contributed by atoms with Crippen LogP contribution in [0.25, 0.3) is 0 Å². The van der Waals surface area contributed by atoms with E-state index in [0.29, 0.717) is 38.3 Å². The van der Waals surface area contributed by atoms with Gasteiger partial charge in [0, 0.05) is 38.9 Å². The molecule has 27 heavy (non-hydrogen) atoms. The minimum Gasteiger partial charge on any atom is -0.380 e. The fourth-order valence-electron chi connectivity index (χ4n) is 3.14. The number of hydrogen-bond donors (Lipinski definition) is 0. The Kier molecular flexibility index (Phi) is 6.26. The maximum Gasteiger partial charge on any atom is 0.253 e. The second-order valence-corrected chi connectivity index (χ2v) is 8.53. The Labute approximate surface area is 160 Å². The molecule has 1 fully saturated rings. The van der Waals surface area contributed by atoms with Crippen LogP contribution in [-0.4, -0.2) is 56.8 Å². The molecular formula is C20H24N2O4S. The normalized spacial score (nSPS) is 15.7. The summed E-state index contributed by atoms with van der Waals surface area (Å²) in [6, 6.07) is 16.5. The van der Waals surface area contributed by atoms with Gasteiger partial charge in [-0.2, -0.15) is 4.31 Å². The molecule has 1 aliphatic rings. The predicted octanol–water partition coefficient (Wildman–Crippen LogP) is 2.12. The third kappa shape index (κ3) is 4.94. The fourth-order valence-corrected chi connectivity index (χ4v) is 4.65. The lowest BCUT2D eigenvalue weighted by Crippen LogP contribution is -2.50. The van der Waals surface area contributed by atoms with Crippen LogP contribution < -0.4 is 0 Å². The highest BCUT2D eigenvalue weighted by Gasteiger charge is 2.29. The Morgan fingerprint density at radius 2 is 1.56 bits per heavy atom. The summed E-state index contributed by atoms with van der Waals surface area (Å²) < 4.78 is 31.8. The third-order valence-electron chi connectivity index (χ3n) is 4.62. The number of ether oxygens (including phenoxy) is 1. The minimum absolute atomic E-state index is 0.0112. The maximum atomic E-state index is 12.6. The highest BCUT2D eigenvalue weighted by molar-refractivity contribution is 7.88. The minimum atomic E-state index is -3.38. The average molecular weight is 388 g/mol. The van der Waals surface area contributed by atoms with Gasteiger partial charge in [0.05, 0.1) is 12.4 Å². The van der Waals surface area contributed by atoms with E-state index in [0.717, 1.165) is 11.1 Å². The molecule has 3 rings (SSSR count). The van der Waals surface area contributed by atoms with E-state index in [1.807, 2.05) is 42.5 Å². The van der Waals surface area contributed by atoms with Gasteiger partial charge in [0.2, 0.25) is 10.0 Å². The molecule has 6 nitrogen and oxygen atoms in total. The molecule has 0 N–H and O–H groups in total. The van der Waals surface area contributed by atoms with Crippen LogP contribution in [0.2, 0.25) is 0 Å². The molecule has 1 amide bonds. The van der Waals surface area contributed by atoms with Gasteiger partial charge in [-0.1, -0.05) is 42.5 Å². The second kappa shape index (κ2) is 8.65. The monoisotopic (exact) mass is 388 g/mol. The summed E-state index contributed by atoms with van der Waals surface area (Å²) in [7, 11) is -1.75. The molecule has 1 saturated heterocycles. The summed E-state index contributed by atoms with van der Waals surface area (Å²) in [4.78, 5) is 14.4. The van der Waals surface area contributed by atoms with Gasteiger partial charge in [-0.15, -0.1) is 0 Å². The van der Waals surface area contributed by atoms with Gasteiger partial charge in [0.25, 0.3) is 5.91 Å². The predicted molar refractivity (Wildman–Crippen MR) is 104 cm³/mol. The van der Waals surface area contributed by atoms with Gasteiger partial charge in [-0.05, 0) is 23.3 Å². The van der Waals surface area contributed by atoms with Crippen molar-refractivity contribution in [1.29, 1.82) is 0 Å². The van der Waals surface area contributed by atoms with E-state index in [2.05, 4.69) is 0 Å². The zero-order valence-electron chi connectivity index (χ0n) is 15.4.